The van der Waals surface area contributed by atoms with Crippen molar-refractivity contribution < 1.29 is 38.1 Å². The highest BCUT2D eigenvalue weighted by molar-refractivity contribution is 6.03. The van der Waals surface area contributed by atoms with Crippen molar-refractivity contribution in [1.29, 1.82) is 0 Å². The second kappa shape index (κ2) is 5.81. The number of rotatable bonds is 0. The van der Waals surface area contributed by atoms with Gasteiger partial charge < -0.3 is 18.9 Å². The minimum absolute atomic E-state index is 0.0251. The zero-order valence-corrected chi connectivity index (χ0v) is 12.8. The SMILES string of the molecule is O=C1/C=C/C(=O)Oc2c(nc3cccc4c3c2OC(=O)/C=C/C(=O)O4)O1. The number of aromatic nitrogens is 1. The largest absolute Gasteiger partial charge is 0.422 e. The van der Waals surface area contributed by atoms with Crippen LogP contribution in [-0.4, -0.2) is 28.9 Å². The van der Waals surface area contributed by atoms with Crippen molar-refractivity contribution in [2.45, 2.75) is 0 Å². The van der Waals surface area contributed by atoms with Crippen LogP contribution in [0.2, 0.25) is 0 Å². The van der Waals surface area contributed by atoms with E-state index in [0.717, 1.165) is 24.3 Å². The van der Waals surface area contributed by atoms with Gasteiger partial charge in [0.25, 0.3) is 5.88 Å². The summed E-state index contributed by atoms with van der Waals surface area (Å²) < 4.78 is 20.5. The zero-order chi connectivity index (χ0) is 18.3. The summed E-state index contributed by atoms with van der Waals surface area (Å²) in [4.78, 5) is 51.4. The first kappa shape index (κ1) is 15.5. The van der Waals surface area contributed by atoms with E-state index in [2.05, 4.69) is 4.98 Å². The van der Waals surface area contributed by atoms with Crippen LogP contribution in [0.3, 0.4) is 0 Å². The number of esters is 4. The average molecular weight is 353 g/mol. The molecule has 2 aliphatic rings. The molecule has 3 heterocycles. The third-order valence-electron chi connectivity index (χ3n) is 3.38. The smallest absolute Gasteiger partial charge is 0.337 e. The molecule has 4 rings (SSSR count). The Kier molecular flexibility index (Phi) is 3.47. The van der Waals surface area contributed by atoms with Crippen LogP contribution in [0, 0.1) is 0 Å². The lowest BCUT2D eigenvalue weighted by Crippen LogP contribution is -2.16. The molecule has 26 heavy (non-hydrogen) atoms. The maximum absolute atomic E-state index is 12.0. The highest BCUT2D eigenvalue weighted by atomic mass is 16.6. The minimum Gasteiger partial charge on any atom is -0.422 e. The van der Waals surface area contributed by atoms with Gasteiger partial charge in [0.05, 0.1) is 10.9 Å². The predicted octanol–water partition coefficient (Wildman–Crippen LogP) is 0.996. The highest BCUT2D eigenvalue weighted by Crippen LogP contribution is 2.46. The molecule has 128 valence electrons. The van der Waals surface area contributed by atoms with Crippen LogP contribution in [-0.2, 0) is 19.2 Å². The van der Waals surface area contributed by atoms with E-state index in [4.69, 9.17) is 18.9 Å². The second-order valence-electron chi connectivity index (χ2n) is 5.08. The molecular weight excluding hydrogens is 346 g/mol. The number of hydrogen-bond donors (Lipinski definition) is 0. The van der Waals surface area contributed by atoms with Gasteiger partial charge in [0.15, 0.2) is 5.75 Å². The molecule has 0 unspecified atom stereocenters. The molecule has 0 saturated carbocycles. The third-order valence-corrected chi connectivity index (χ3v) is 3.38. The van der Waals surface area contributed by atoms with Crippen molar-refractivity contribution in [3.63, 3.8) is 0 Å². The summed E-state index contributed by atoms with van der Waals surface area (Å²) in [5, 5.41) is 0.102. The van der Waals surface area contributed by atoms with Gasteiger partial charge in [-0.15, -0.1) is 0 Å². The molecule has 0 amide bonds. The Morgan fingerprint density at radius 1 is 0.654 bits per heavy atom. The fraction of sp³-hybridized carbons (Fsp3) is 0. The summed E-state index contributed by atoms with van der Waals surface area (Å²) in [6, 6.07) is 4.50. The van der Waals surface area contributed by atoms with Crippen LogP contribution < -0.4 is 18.9 Å². The first-order valence-electron chi connectivity index (χ1n) is 7.21. The van der Waals surface area contributed by atoms with Crippen LogP contribution in [0.5, 0.6) is 23.1 Å². The van der Waals surface area contributed by atoms with Gasteiger partial charge in [-0.05, 0) is 12.1 Å². The molecule has 0 atom stereocenters. The molecule has 1 aromatic carbocycles. The van der Waals surface area contributed by atoms with Crippen LogP contribution in [0.1, 0.15) is 0 Å². The average Bonchev–Trinajstić information content (AvgIpc) is 2.65. The molecule has 0 saturated heterocycles. The highest BCUT2D eigenvalue weighted by Gasteiger charge is 2.28. The van der Waals surface area contributed by atoms with Crippen LogP contribution in [0.4, 0.5) is 0 Å². The molecule has 2 aliphatic heterocycles. The molecule has 2 aromatic rings. The first-order valence-corrected chi connectivity index (χ1v) is 7.21. The van der Waals surface area contributed by atoms with Gasteiger partial charge in [-0.2, -0.15) is 0 Å². The molecule has 9 heteroatoms. The van der Waals surface area contributed by atoms with Crippen LogP contribution >= 0.6 is 0 Å². The van der Waals surface area contributed by atoms with Crippen molar-refractivity contribution in [3.8, 4) is 23.1 Å². The number of ether oxygens (including phenoxy) is 4. The van der Waals surface area contributed by atoms with Crippen molar-refractivity contribution in [2.24, 2.45) is 0 Å². The Morgan fingerprint density at radius 3 is 1.92 bits per heavy atom. The lowest BCUT2D eigenvalue weighted by molar-refractivity contribution is -0.134. The molecule has 0 spiro atoms. The Hall–Kier alpha value is -4.01. The van der Waals surface area contributed by atoms with Crippen LogP contribution in [0.15, 0.2) is 42.5 Å². The van der Waals surface area contributed by atoms with Crippen molar-refractivity contribution in [2.75, 3.05) is 0 Å². The molecule has 9 nitrogen and oxygen atoms in total. The van der Waals surface area contributed by atoms with Gasteiger partial charge in [-0.25, -0.2) is 24.2 Å². The Morgan fingerprint density at radius 2 is 1.23 bits per heavy atom. The first-order chi connectivity index (χ1) is 12.5. The second-order valence-corrected chi connectivity index (χ2v) is 5.08. The van der Waals surface area contributed by atoms with Gasteiger partial charge >= 0.3 is 23.9 Å². The van der Waals surface area contributed by atoms with Crippen molar-refractivity contribution in [1.82, 2.24) is 4.98 Å². The summed E-state index contributed by atoms with van der Waals surface area (Å²) in [6.07, 6.45) is 3.46. The standard InChI is InChI=1S/C17H7NO8/c19-10-4-5-11(20)24-15-14-8(2-1-3-9(14)23-10)18-17-16(15)25-12(21)6-7-13(22)26-17/h1-7H/b5-4+,7-6+. The van der Waals surface area contributed by atoms with Gasteiger partial charge in [-0.1, -0.05) is 6.07 Å². The lowest BCUT2D eigenvalue weighted by Gasteiger charge is -2.16. The van der Waals surface area contributed by atoms with Gasteiger partial charge in [0, 0.05) is 24.3 Å². The normalized spacial score (nSPS) is 18.6. The number of carbonyl (C=O) groups is 4. The Balaban J connectivity index is 2.06. The predicted molar refractivity (Wildman–Crippen MR) is 82.6 cm³/mol. The monoisotopic (exact) mass is 353 g/mol. The Labute approximate surface area is 144 Å². The molecule has 0 fully saturated rings. The van der Waals surface area contributed by atoms with E-state index >= 15 is 0 Å². The van der Waals surface area contributed by atoms with Crippen molar-refractivity contribution >= 4 is 34.8 Å². The molecule has 0 radical (unpaired) electrons. The maximum Gasteiger partial charge on any atom is 0.337 e. The summed E-state index contributed by atoms with van der Waals surface area (Å²) in [5.41, 5.74) is 0.187. The van der Waals surface area contributed by atoms with E-state index in [1.807, 2.05) is 0 Å². The fourth-order valence-electron chi connectivity index (χ4n) is 2.37. The van der Waals surface area contributed by atoms with Gasteiger partial charge in [0.1, 0.15) is 5.75 Å². The number of hydrogen-bond acceptors (Lipinski definition) is 9. The number of benzene rings is 1. The lowest BCUT2D eigenvalue weighted by atomic mass is 10.1. The Bertz CT molecular complexity index is 1070. The fourth-order valence-corrected chi connectivity index (χ4v) is 2.37. The summed E-state index contributed by atoms with van der Waals surface area (Å²) >= 11 is 0. The van der Waals surface area contributed by atoms with E-state index in [1.165, 1.54) is 18.2 Å². The summed E-state index contributed by atoms with van der Waals surface area (Å²) in [7, 11) is 0. The number of carbonyl (C=O) groups excluding carboxylic acids is 4. The third kappa shape index (κ3) is 2.67. The summed E-state index contributed by atoms with van der Waals surface area (Å²) in [6.45, 7) is 0. The van der Waals surface area contributed by atoms with E-state index in [0.29, 0.717) is 0 Å². The van der Waals surface area contributed by atoms with E-state index in [1.54, 1.807) is 0 Å². The number of fused-ring (bicyclic) bond motifs is 2. The molecule has 0 aliphatic carbocycles. The van der Waals surface area contributed by atoms with Crippen LogP contribution in [0.25, 0.3) is 10.9 Å². The zero-order valence-electron chi connectivity index (χ0n) is 12.8. The maximum atomic E-state index is 12.0. The molecule has 0 bridgehead atoms. The van der Waals surface area contributed by atoms with Gasteiger partial charge in [-0.3, -0.25) is 0 Å². The topological polar surface area (TPSA) is 118 Å². The molecule has 0 N–H and O–H groups in total. The quantitative estimate of drug-likeness (QED) is 0.504. The number of pyridine rings is 1. The van der Waals surface area contributed by atoms with E-state index < -0.39 is 23.9 Å². The van der Waals surface area contributed by atoms with Gasteiger partial charge in [0.2, 0.25) is 5.75 Å². The molecule has 1 aromatic heterocycles. The van der Waals surface area contributed by atoms with E-state index in [-0.39, 0.29) is 34.0 Å². The van der Waals surface area contributed by atoms with E-state index in [9.17, 15) is 19.2 Å². The van der Waals surface area contributed by atoms with Crippen molar-refractivity contribution in [3.05, 3.63) is 42.5 Å². The number of nitrogens with zero attached hydrogens (tertiary/aromatic N) is 1. The minimum atomic E-state index is -0.923. The molecular formula is C17H7NO8. The summed E-state index contributed by atoms with van der Waals surface area (Å²) in [5.74, 6) is -4.48.